The molecule has 0 heterocycles. The molecule has 0 aliphatic carbocycles. The average Bonchev–Trinajstić information content (AvgIpc) is 2.11. The van der Waals surface area contributed by atoms with Gasteiger partial charge in [0.2, 0.25) is 0 Å². The first-order chi connectivity index (χ1) is 6.37. The maximum Gasteiger partial charge on any atom is 0.107 e. The van der Waals surface area contributed by atoms with Gasteiger partial charge in [-0.05, 0) is 0 Å². The number of benzene rings is 1. The van der Waals surface area contributed by atoms with Gasteiger partial charge in [0.15, 0.2) is 0 Å². The Labute approximate surface area is 106 Å². The van der Waals surface area contributed by atoms with E-state index < -0.39 is 0 Å². The van der Waals surface area contributed by atoms with Gasteiger partial charge in [-0.2, -0.15) is 0 Å². The highest BCUT2D eigenvalue weighted by Crippen LogP contribution is 2.42. The van der Waals surface area contributed by atoms with Crippen molar-refractivity contribution >= 4 is 69.3 Å². The van der Waals surface area contributed by atoms with Crippen molar-refractivity contribution in [2.24, 2.45) is 5.73 Å². The normalized spacial score (nSPS) is 10.3. The van der Waals surface area contributed by atoms with Crippen LogP contribution in [-0.4, -0.2) is 4.99 Å². The zero-order valence-electron chi connectivity index (χ0n) is 6.57. The van der Waals surface area contributed by atoms with Crippen LogP contribution in [0.15, 0.2) is 0 Å². The molecular formula is C7H4Cl4N2S. The molecule has 4 N–H and O–H groups in total. The van der Waals surface area contributed by atoms with Gasteiger partial charge in [0.05, 0.1) is 31.3 Å². The van der Waals surface area contributed by atoms with Crippen LogP contribution in [-0.2, 0) is 0 Å². The van der Waals surface area contributed by atoms with Crippen molar-refractivity contribution in [3.05, 3.63) is 25.7 Å². The van der Waals surface area contributed by atoms with Crippen molar-refractivity contribution in [3.8, 4) is 0 Å². The molecule has 76 valence electrons. The number of hydrogen-bond acceptors (Lipinski definition) is 2. The highest BCUT2D eigenvalue weighted by Gasteiger charge is 2.19. The Kier molecular flexibility index (Phi) is 3.72. The van der Waals surface area contributed by atoms with Gasteiger partial charge < -0.3 is 11.5 Å². The predicted molar refractivity (Wildman–Crippen MR) is 66.8 cm³/mol. The zero-order valence-corrected chi connectivity index (χ0v) is 10.4. The van der Waals surface area contributed by atoms with Crippen LogP contribution in [0.25, 0.3) is 0 Å². The van der Waals surface area contributed by atoms with Gasteiger partial charge >= 0.3 is 0 Å². The van der Waals surface area contributed by atoms with E-state index in [0.717, 1.165) is 0 Å². The third-order valence-electron chi connectivity index (χ3n) is 1.55. The first-order valence-electron chi connectivity index (χ1n) is 3.29. The van der Waals surface area contributed by atoms with Crippen LogP contribution >= 0.6 is 58.6 Å². The van der Waals surface area contributed by atoms with Gasteiger partial charge in [0.1, 0.15) is 4.99 Å². The van der Waals surface area contributed by atoms with E-state index in [1.54, 1.807) is 0 Å². The smallest absolute Gasteiger partial charge is 0.107 e. The highest BCUT2D eigenvalue weighted by atomic mass is 35.5. The van der Waals surface area contributed by atoms with E-state index in [0.29, 0.717) is 0 Å². The standard InChI is InChI=1S/C7H4Cl4N2S/c8-2-1(7(13)14)6(12)5(11)4(10)3(2)9/h12H2,(H2,13,14). The van der Waals surface area contributed by atoms with Crippen LogP contribution in [0.2, 0.25) is 20.1 Å². The number of anilines is 1. The number of rotatable bonds is 1. The number of halogens is 4. The van der Waals surface area contributed by atoms with E-state index in [-0.39, 0.29) is 36.3 Å². The van der Waals surface area contributed by atoms with Gasteiger partial charge in [0, 0.05) is 0 Å². The monoisotopic (exact) mass is 288 g/mol. The van der Waals surface area contributed by atoms with E-state index in [1.165, 1.54) is 0 Å². The van der Waals surface area contributed by atoms with E-state index >= 15 is 0 Å². The summed E-state index contributed by atoms with van der Waals surface area (Å²) < 4.78 is 0. The molecule has 14 heavy (non-hydrogen) atoms. The maximum absolute atomic E-state index is 5.85. The summed E-state index contributed by atoms with van der Waals surface area (Å²) in [7, 11) is 0. The molecule has 7 heteroatoms. The molecule has 1 aromatic rings. The molecule has 0 spiro atoms. The summed E-state index contributed by atoms with van der Waals surface area (Å²) in [5.41, 5.74) is 11.4. The molecule has 1 rings (SSSR count). The van der Waals surface area contributed by atoms with Crippen molar-refractivity contribution in [2.75, 3.05) is 5.73 Å². The Morgan fingerprint density at radius 2 is 1.36 bits per heavy atom. The summed E-state index contributed by atoms with van der Waals surface area (Å²) in [6.07, 6.45) is 0. The predicted octanol–water partition coefficient (Wildman–Crippen LogP) is 3.52. The molecule has 1 aromatic carbocycles. The second kappa shape index (κ2) is 4.29. The van der Waals surface area contributed by atoms with E-state index in [2.05, 4.69) is 0 Å². The molecule has 0 aliphatic heterocycles. The van der Waals surface area contributed by atoms with Crippen molar-refractivity contribution < 1.29 is 0 Å². The van der Waals surface area contributed by atoms with Crippen LogP contribution in [0.4, 0.5) is 5.69 Å². The molecule has 0 amide bonds. The third-order valence-corrected chi connectivity index (χ3v) is 3.57. The second-order valence-corrected chi connectivity index (χ2v) is 4.36. The topological polar surface area (TPSA) is 52.0 Å². The zero-order chi connectivity index (χ0) is 11.0. The summed E-state index contributed by atoms with van der Waals surface area (Å²) in [4.78, 5) is 0.0213. The minimum atomic E-state index is 0.0213. The number of nitrogen functional groups attached to an aromatic ring is 1. The van der Waals surface area contributed by atoms with Gasteiger partial charge in [0.25, 0.3) is 0 Å². The Morgan fingerprint density at radius 3 is 1.79 bits per heavy atom. The van der Waals surface area contributed by atoms with Gasteiger partial charge in [-0.3, -0.25) is 0 Å². The molecule has 0 radical (unpaired) electrons. The van der Waals surface area contributed by atoms with Crippen LogP contribution in [0.5, 0.6) is 0 Å². The summed E-state index contributed by atoms with van der Waals surface area (Å²) in [5.74, 6) is 0. The summed E-state index contributed by atoms with van der Waals surface area (Å²) >= 11 is 27.9. The van der Waals surface area contributed by atoms with E-state index in [1.807, 2.05) is 0 Å². The summed E-state index contributed by atoms with van der Waals surface area (Å²) in [5, 5.41) is 0.404. The molecule has 0 atom stereocenters. The fourth-order valence-electron chi connectivity index (χ4n) is 0.890. The van der Waals surface area contributed by atoms with Crippen LogP contribution in [0.1, 0.15) is 5.56 Å². The van der Waals surface area contributed by atoms with Gasteiger partial charge in [-0.1, -0.05) is 58.6 Å². The second-order valence-electron chi connectivity index (χ2n) is 2.41. The first-order valence-corrected chi connectivity index (χ1v) is 5.21. The number of thiocarbonyl (C=S) groups is 1. The van der Waals surface area contributed by atoms with Crippen LogP contribution in [0.3, 0.4) is 0 Å². The van der Waals surface area contributed by atoms with Crippen molar-refractivity contribution in [1.29, 1.82) is 0 Å². The molecular weight excluding hydrogens is 286 g/mol. The highest BCUT2D eigenvalue weighted by molar-refractivity contribution is 7.80. The Bertz CT molecular complexity index is 390. The van der Waals surface area contributed by atoms with Gasteiger partial charge in [-0.15, -0.1) is 0 Å². The first kappa shape index (κ1) is 12.1. The quantitative estimate of drug-likeness (QED) is 0.360. The van der Waals surface area contributed by atoms with Crippen molar-refractivity contribution in [1.82, 2.24) is 0 Å². The molecule has 0 fully saturated rings. The SMILES string of the molecule is NC(=S)c1c(N)c(Cl)c(Cl)c(Cl)c1Cl. The summed E-state index contributed by atoms with van der Waals surface area (Å²) in [6.45, 7) is 0. The van der Waals surface area contributed by atoms with E-state index in [4.69, 9.17) is 70.1 Å². The van der Waals surface area contributed by atoms with Crippen LogP contribution in [0, 0.1) is 0 Å². The molecule has 0 unspecified atom stereocenters. The lowest BCUT2D eigenvalue weighted by atomic mass is 10.2. The molecule has 0 bridgehead atoms. The molecule has 2 nitrogen and oxygen atoms in total. The van der Waals surface area contributed by atoms with E-state index in [9.17, 15) is 0 Å². The minimum Gasteiger partial charge on any atom is -0.397 e. The van der Waals surface area contributed by atoms with Crippen LogP contribution < -0.4 is 11.5 Å². The lowest BCUT2D eigenvalue weighted by Crippen LogP contribution is -2.13. The molecule has 0 saturated carbocycles. The fraction of sp³-hybridized carbons (Fsp3) is 0. The maximum atomic E-state index is 5.85. The molecule has 0 aromatic heterocycles. The number of nitrogens with two attached hydrogens (primary N) is 2. The Balaban J connectivity index is 3.68. The fourth-order valence-corrected chi connectivity index (χ4v) is 2.13. The third kappa shape index (κ3) is 1.88. The summed E-state index contributed by atoms with van der Waals surface area (Å²) in [6, 6.07) is 0. The average molecular weight is 290 g/mol. The van der Waals surface area contributed by atoms with Crippen molar-refractivity contribution in [3.63, 3.8) is 0 Å². The Hall–Kier alpha value is 0.0700. The Morgan fingerprint density at radius 1 is 0.929 bits per heavy atom. The van der Waals surface area contributed by atoms with Crippen molar-refractivity contribution in [2.45, 2.75) is 0 Å². The van der Waals surface area contributed by atoms with Gasteiger partial charge in [-0.25, -0.2) is 0 Å². The molecule has 0 saturated heterocycles. The molecule has 0 aliphatic rings. The number of hydrogen-bond donors (Lipinski definition) is 2. The minimum absolute atomic E-state index is 0.0213. The largest absolute Gasteiger partial charge is 0.397 e. The lowest BCUT2D eigenvalue weighted by molar-refractivity contribution is 1.60. The lowest BCUT2D eigenvalue weighted by Gasteiger charge is -2.11.